The second-order valence-electron chi connectivity index (χ2n) is 4.79. The zero-order chi connectivity index (χ0) is 13.9. The number of nitrogens with one attached hydrogen (secondary N) is 1. The highest BCUT2D eigenvalue weighted by Crippen LogP contribution is 2.27. The minimum atomic E-state index is -0.292. The molecule has 0 saturated heterocycles. The third-order valence-corrected chi connectivity index (χ3v) is 3.79. The van der Waals surface area contributed by atoms with Gasteiger partial charge in [0.1, 0.15) is 5.82 Å². The molecule has 0 amide bonds. The molecule has 102 valence electrons. The lowest BCUT2D eigenvalue weighted by atomic mass is 10.0. The Morgan fingerprint density at radius 3 is 2.70 bits per heavy atom. The van der Waals surface area contributed by atoms with E-state index in [0.29, 0.717) is 10.8 Å². The van der Waals surface area contributed by atoms with Gasteiger partial charge in [-0.3, -0.25) is 0 Å². The Morgan fingerprint density at radius 2 is 1.85 bits per heavy atom. The summed E-state index contributed by atoms with van der Waals surface area (Å²) < 4.78 is 13.7. The van der Waals surface area contributed by atoms with Gasteiger partial charge in [0.05, 0.1) is 5.69 Å². The van der Waals surface area contributed by atoms with E-state index in [2.05, 4.69) is 17.4 Å². The van der Waals surface area contributed by atoms with Crippen LogP contribution in [0.15, 0.2) is 48.5 Å². The molecule has 1 N–H and O–H groups in total. The van der Waals surface area contributed by atoms with Crippen LogP contribution in [0.4, 0.5) is 15.8 Å². The lowest BCUT2D eigenvalue weighted by molar-refractivity contribution is 0.632. The Morgan fingerprint density at radius 1 is 1.10 bits per heavy atom. The molecule has 1 aliphatic heterocycles. The molecule has 0 radical (unpaired) electrons. The van der Waals surface area contributed by atoms with Crippen LogP contribution in [0.25, 0.3) is 0 Å². The number of hydrogen-bond donors (Lipinski definition) is 1. The summed E-state index contributed by atoms with van der Waals surface area (Å²) in [4.78, 5) is 2.04. The van der Waals surface area contributed by atoms with Crippen molar-refractivity contribution in [2.75, 3.05) is 16.8 Å². The molecule has 1 aliphatic rings. The van der Waals surface area contributed by atoms with Gasteiger partial charge in [-0.2, -0.15) is 0 Å². The van der Waals surface area contributed by atoms with Gasteiger partial charge >= 0.3 is 0 Å². The molecule has 0 aliphatic carbocycles. The van der Waals surface area contributed by atoms with E-state index in [1.165, 1.54) is 11.6 Å². The molecule has 0 aromatic heterocycles. The smallest absolute Gasteiger partial charge is 0.178 e. The van der Waals surface area contributed by atoms with Crippen molar-refractivity contribution in [1.29, 1.82) is 0 Å². The highest BCUT2D eigenvalue weighted by molar-refractivity contribution is 7.80. The zero-order valence-corrected chi connectivity index (χ0v) is 11.8. The monoisotopic (exact) mass is 286 g/mol. The van der Waals surface area contributed by atoms with Crippen LogP contribution in [0.3, 0.4) is 0 Å². The number of hydrogen-bond acceptors (Lipinski definition) is 1. The fourth-order valence-electron chi connectivity index (χ4n) is 2.49. The van der Waals surface area contributed by atoms with Crippen LogP contribution in [0.1, 0.15) is 12.0 Å². The number of thiocarbonyl (C=S) groups is 1. The lowest BCUT2D eigenvalue weighted by Crippen LogP contribution is -2.38. The summed E-state index contributed by atoms with van der Waals surface area (Å²) in [5.74, 6) is -0.292. The molecular weight excluding hydrogens is 271 g/mol. The Hall–Kier alpha value is -1.94. The first-order valence-electron chi connectivity index (χ1n) is 6.66. The van der Waals surface area contributed by atoms with Crippen molar-refractivity contribution >= 4 is 28.7 Å². The molecule has 0 saturated carbocycles. The minimum Gasteiger partial charge on any atom is -0.330 e. The van der Waals surface area contributed by atoms with Crippen molar-refractivity contribution in [1.82, 2.24) is 0 Å². The van der Waals surface area contributed by atoms with Crippen molar-refractivity contribution in [2.24, 2.45) is 0 Å². The van der Waals surface area contributed by atoms with Gasteiger partial charge in [0, 0.05) is 12.2 Å². The molecule has 2 nitrogen and oxygen atoms in total. The number of anilines is 2. The van der Waals surface area contributed by atoms with Crippen LogP contribution in [0.5, 0.6) is 0 Å². The van der Waals surface area contributed by atoms with Crippen molar-refractivity contribution in [3.05, 3.63) is 59.9 Å². The molecule has 0 bridgehead atoms. The molecule has 20 heavy (non-hydrogen) atoms. The molecule has 2 aromatic carbocycles. The van der Waals surface area contributed by atoms with Gasteiger partial charge in [0.15, 0.2) is 5.11 Å². The Balaban J connectivity index is 1.84. The maximum Gasteiger partial charge on any atom is 0.178 e. The molecular formula is C16H15FN2S. The fraction of sp³-hybridized carbons (Fsp3) is 0.188. The van der Waals surface area contributed by atoms with Gasteiger partial charge < -0.3 is 10.2 Å². The summed E-state index contributed by atoms with van der Waals surface area (Å²) >= 11 is 5.44. The maximum absolute atomic E-state index is 13.7. The van der Waals surface area contributed by atoms with E-state index >= 15 is 0 Å². The van der Waals surface area contributed by atoms with Gasteiger partial charge in [0.2, 0.25) is 0 Å². The first-order valence-corrected chi connectivity index (χ1v) is 7.07. The van der Waals surface area contributed by atoms with E-state index in [-0.39, 0.29) is 5.82 Å². The lowest BCUT2D eigenvalue weighted by Gasteiger charge is -2.31. The summed E-state index contributed by atoms with van der Waals surface area (Å²) in [6, 6.07) is 14.8. The predicted octanol–water partition coefficient (Wildman–Crippen LogP) is 3.98. The third-order valence-electron chi connectivity index (χ3n) is 3.47. The number of benzene rings is 2. The van der Waals surface area contributed by atoms with Crippen LogP contribution < -0.4 is 10.2 Å². The number of para-hydroxylation sites is 2. The summed E-state index contributed by atoms with van der Waals surface area (Å²) in [5, 5.41) is 3.55. The van der Waals surface area contributed by atoms with E-state index in [4.69, 9.17) is 12.2 Å². The summed E-state index contributed by atoms with van der Waals surface area (Å²) in [5.41, 5.74) is 2.82. The van der Waals surface area contributed by atoms with Crippen LogP contribution in [0.2, 0.25) is 0 Å². The van der Waals surface area contributed by atoms with Gasteiger partial charge in [-0.15, -0.1) is 0 Å². The molecule has 0 spiro atoms. The standard InChI is InChI=1S/C16H15FN2S/c17-13-8-2-3-9-14(13)18-16(20)19-11-5-7-12-6-1-4-10-15(12)19/h1-4,6,8-10H,5,7,11H2,(H,18,20). The number of nitrogens with zero attached hydrogens (tertiary/aromatic N) is 1. The average molecular weight is 286 g/mol. The summed E-state index contributed by atoms with van der Waals surface area (Å²) in [6.45, 7) is 0.858. The second kappa shape index (κ2) is 5.59. The highest BCUT2D eigenvalue weighted by atomic mass is 32.1. The number of rotatable bonds is 1. The quantitative estimate of drug-likeness (QED) is 0.798. The van der Waals surface area contributed by atoms with E-state index < -0.39 is 0 Å². The van der Waals surface area contributed by atoms with Crippen LogP contribution in [0, 0.1) is 5.82 Å². The van der Waals surface area contributed by atoms with Crippen molar-refractivity contribution in [3.63, 3.8) is 0 Å². The van der Waals surface area contributed by atoms with Crippen LogP contribution in [-0.4, -0.2) is 11.7 Å². The van der Waals surface area contributed by atoms with Crippen molar-refractivity contribution in [2.45, 2.75) is 12.8 Å². The van der Waals surface area contributed by atoms with Crippen molar-refractivity contribution in [3.8, 4) is 0 Å². The summed E-state index contributed by atoms with van der Waals surface area (Å²) in [6.07, 6.45) is 2.12. The molecule has 0 atom stereocenters. The third kappa shape index (κ3) is 2.51. The fourth-order valence-corrected chi connectivity index (χ4v) is 2.79. The second-order valence-corrected chi connectivity index (χ2v) is 5.18. The van der Waals surface area contributed by atoms with Crippen LogP contribution in [-0.2, 0) is 6.42 Å². The molecule has 1 heterocycles. The first-order chi connectivity index (χ1) is 9.75. The predicted molar refractivity (Wildman–Crippen MR) is 84.7 cm³/mol. The Bertz CT molecular complexity index is 642. The zero-order valence-electron chi connectivity index (χ0n) is 11.0. The first kappa shape index (κ1) is 13.1. The molecule has 4 heteroatoms. The van der Waals surface area contributed by atoms with Crippen LogP contribution >= 0.6 is 12.2 Å². The molecule has 0 fully saturated rings. The maximum atomic E-state index is 13.7. The van der Waals surface area contributed by atoms with Crippen molar-refractivity contribution < 1.29 is 4.39 Å². The number of halogens is 1. The number of aryl methyl sites for hydroxylation is 1. The number of fused-ring (bicyclic) bond motifs is 1. The molecule has 2 aromatic rings. The highest BCUT2D eigenvalue weighted by Gasteiger charge is 2.20. The minimum absolute atomic E-state index is 0.292. The van der Waals surface area contributed by atoms with Gasteiger partial charge in [-0.05, 0) is 48.8 Å². The van der Waals surface area contributed by atoms with E-state index in [1.54, 1.807) is 18.2 Å². The largest absolute Gasteiger partial charge is 0.330 e. The van der Waals surface area contributed by atoms with Gasteiger partial charge in [0.25, 0.3) is 0 Å². The Labute approximate surface area is 123 Å². The SMILES string of the molecule is Fc1ccccc1NC(=S)N1CCCc2ccccc21. The normalized spacial score (nSPS) is 13.8. The summed E-state index contributed by atoms with van der Waals surface area (Å²) in [7, 11) is 0. The van der Waals surface area contributed by atoms with E-state index in [1.807, 2.05) is 17.0 Å². The van der Waals surface area contributed by atoms with Gasteiger partial charge in [-0.1, -0.05) is 30.3 Å². The van der Waals surface area contributed by atoms with Gasteiger partial charge in [-0.25, -0.2) is 4.39 Å². The van der Waals surface area contributed by atoms with E-state index in [0.717, 1.165) is 25.1 Å². The molecule has 3 rings (SSSR count). The topological polar surface area (TPSA) is 15.3 Å². The van der Waals surface area contributed by atoms with E-state index in [9.17, 15) is 4.39 Å². The average Bonchev–Trinajstić information content (AvgIpc) is 2.49. The molecule has 0 unspecified atom stereocenters. The Kier molecular flexibility index (Phi) is 3.65.